The first-order valence-electron chi connectivity index (χ1n) is 9.79. The fourth-order valence-electron chi connectivity index (χ4n) is 3.17. The summed E-state index contributed by atoms with van der Waals surface area (Å²) in [5.41, 5.74) is 2.54. The molecule has 2 aliphatic heterocycles. The Balaban J connectivity index is 1.57. The first kappa shape index (κ1) is 20.7. The van der Waals surface area contributed by atoms with Gasteiger partial charge in [-0.2, -0.15) is 20.1 Å². The molecule has 2 fully saturated rings. The van der Waals surface area contributed by atoms with Crippen molar-refractivity contribution in [3.05, 3.63) is 33.9 Å². The molecule has 0 unspecified atom stereocenters. The quantitative estimate of drug-likeness (QED) is 0.376. The van der Waals surface area contributed by atoms with Crippen LogP contribution in [0.2, 0.25) is 0 Å². The van der Waals surface area contributed by atoms with E-state index in [-0.39, 0.29) is 11.5 Å². The Morgan fingerprint density at radius 3 is 2.16 bits per heavy atom. The van der Waals surface area contributed by atoms with E-state index in [9.17, 15) is 15.2 Å². The molecule has 2 N–H and O–H groups in total. The van der Waals surface area contributed by atoms with Crippen molar-refractivity contribution in [2.45, 2.75) is 0 Å². The molecule has 164 valence electrons. The lowest BCUT2D eigenvalue weighted by atomic mass is 10.2. The summed E-state index contributed by atoms with van der Waals surface area (Å²) in [7, 11) is 0. The van der Waals surface area contributed by atoms with E-state index in [1.54, 1.807) is 0 Å². The van der Waals surface area contributed by atoms with Gasteiger partial charge in [-0.15, -0.1) is 0 Å². The van der Waals surface area contributed by atoms with Crippen molar-refractivity contribution in [3.8, 4) is 5.75 Å². The highest BCUT2D eigenvalue weighted by Crippen LogP contribution is 2.28. The number of anilines is 3. The summed E-state index contributed by atoms with van der Waals surface area (Å²) in [6, 6.07) is 4.20. The van der Waals surface area contributed by atoms with Crippen molar-refractivity contribution in [3.63, 3.8) is 0 Å². The summed E-state index contributed by atoms with van der Waals surface area (Å²) in [5.74, 6) is 0.780. The summed E-state index contributed by atoms with van der Waals surface area (Å²) >= 11 is 0. The third kappa shape index (κ3) is 4.95. The SMILES string of the molecule is O=[N+]([O-])c1cccc(C=NNc2nc(N3CCOCC3)nc(N3CCOCC3)n2)c1O. The van der Waals surface area contributed by atoms with Gasteiger partial charge < -0.3 is 24.4 Å². The Kier molecular flexibility index (Phi) is 6.33. The second-order valence-corrected chi connectivity index (χ2v) is 6.80. The maximum absolute atomic E-state index is 11.0. The van der Waals surface area contributed by atoms with Crippen LogP contribution in [-0.4, -0.2) is 83.8 Å². The second kappa shape index (κ2) is 9.49. The third-order valence-corrected chi connectivity index (χ3v) is 4.81. The normalized spacial score (nSPS) is 17.2. The van der Waals surface area contributed by atoms with E-state index in [2.05, 4.69) is 25.5 Å². The summed E-state index contributed by atoms with van der Waals surface area (Å²) in [6.07, 6.45) is 1.27. The highest BCUT2D eigenvalue weighted by Gasteiger charge is 2.21. The topological polar surface area (TPSA) is 151 Å². The zero-order valence-electron chi connectivity index (χ0n) is 16.7. The third-order valence-electron chi connectivity index (χ3n) is 4.81. The lowest BCUT2D eigenvalue weighted by molar-refractivity contribution is -0.385. The van der Waals surface area contributed by atoms with Crippen LogP contribution in [0.1, 0.15) is 5.56 Å². The molecule has 0 saturated carbocycles. The van der Waals surface area contributed by atoms with E-state index in [1.165, 1.54) is 24.4 Å². The molecule has 13 nitrogen and oxygen atoms in total. The number of nitrogens with one attached hydrogen (secondary N) is 1. The Labute approximate surface area is 177 Å². The van der Waals surface area contributed by atoms with Gasteiger partial charge in [-0.05, 0) is 6.07 Å². The number of hydrogen-bond acceptors (Lipinski definition) is 12. The number of hydrazone groups is 1. The molecule has 0 aliphatic carbocycles. The van der Waals surface area contributed by atoms with Crippen molar-refractivity contribution < 1.29 is 19.5 Å². The van der Waals surface area contributed by atoms with E-state index in [1.807, 2.05) is 9.80 Å². The summed E-state index contributed by atoms with van der Waals surface area (Å²) in [4.78, 5) is 27.8. The predicted octanol–water partition coefficient (Wildman–Crippen LogP) is 0.605. The molecule has 2 saturated heterocycles. The first-order valence-corrected chi connectivity index (χ1v) is 9.79. The van der Waals surface area contributed by atoms with Gasteiger partial charge >= 0.3 is 5.69 Å². The molecule has 2 aromatic rings. The molecular formula is C18H22N8O5. The second-order valence-electron chi connectivity index (χ2n) is 6.80. The van der Waals surface area contributed by atoms with Crippen molar-refractivity contribution in [2.75, 3.05) is 67.8 Å². The van der Waals surface area contributed by atoms with Crippen LogP contribution in [0.5, 0.6) is 5.75 Å². The number of nitro groups is 1. The lowest BCUT2D eigenvalue weighted by Gasteiger charge is -2.30. The number of aromatic nitrogens is 3. The number of phenols is 1. The fourth-order valence-corrected chi connectivity index (χ4v) is 3.17. The van der Waals surface area contributed by atoms with Crippen LogP contribution < -0.4 is 15.2 Å². The van der Waals surface area contributed by atoms with Gasteiger partial charge in [0.15, 0.2) is 0 Å². The molecule has 0 atom stereocenters. The monoisotopic (exact) mass is 430 g/mol. The summed E-state index contributed by atoms with van der Waals surface area (Å²) < 4.78 is 10.8. The minimum atomic E-state index is -0.657. The van der Waals surface area contributed by atoms with Gasteiger partial charge in [-0.25, -0.2) is 5.43 Å². The van der Waals surface area contributed by atoms with Gasteiger partial charge in [0.1, 0.15) is 0 Å². The van der Waals surface area contributed by atoms with E-state index >= 15 is 0 Å². The number of benzene rings is 1. The highest BCUT2D eigenvalue weighted by atomic mass is 16.6. The van der Waals surface area contributed by atoms with Gasteiger partial charge in [0.25, 0.3) is 0 Å². The van der Waals surface area contributed by atoms with Gasteiger partial charge in [-0.3, -0.25) is 10.1 Å². The number of aromatic hydroxyl groups is 1. The number of nitro benzene ring substituents is 1. The fraction of sp³-hybridized carbons (Fsp3) is 0.444. The molecule has 3 heterocycles. The molecule has 4 rings (SSSR count). The largest absolute Gasteiger partial charge is 0.502 e. The smallest absolute Gasteiger partial charge is 0.311 e. The number of phenolic OH excluding ortho intramolecular Hbond substituents is 1. The first-order chi connectivity index (χ1) is 15.1. The lowest BCUT2D eigenvalue weighted by Crippen LogP contribution is -2.40. The Bertz CT molecular complexity index is 924. The van der Waals surface area contributed by atoms with Crippen LogP contribution in [0.15, 0.2) is 23.3 Å². The standard InChI is InChI=1S/C18H22N8O5/c27-15-13(2-1-3-14(15)26(28)29)12-19-23-16-20-17(24-4-8-30-9-5-24)22-18(21-16)25-6-10-31-11-7-25/h1-3,12,27H,4-11H2,(H,20,21,22,23). The molecule has 31 heavy (non-hydrogen) atoms. The minimum Gasteiger partial charge on any atom is -0.502 e. The predicted molar refractivity (Wildman–Crippen MR) is 112 cm³/mol. The maximum Gasteiger partial charge on any atom is 0.311 e. The Morgan fingerprint density at radius 1 is 1.03 bits per heavy atom. The van der Waals surface area contributed by atoms with Gasteiger partial charge in [0, 0.05) is 37.8 Å². The Morgan fingerprint density at radius 2 is 1.61 bits per heavy atom. The van der Waals surface area contributed by atoms with Crippen molar-refractivity contribution in [1.29, 1.82) is 0 Å². The zero-order chi connectivity index (χ0) is 21.6. The average molecular weight is 430 g/mol. The number of rotatable bonds is 6. The van der Waals surface area contributed by atoms with E-state index in [0.717, 1.165) is 0 Å². The van der Waals surface area contributed by atoms with Gasteiger partial charge in [0.2, 0.25) is 23.6 Å². The average Bonchev–Trinajstić information content (AvgIpc) is 2.81. The molecule has 0 bridgehead atoms. The number of hydrogen-bond donors (Lipinski definition) is 2. The van der Waals surface area contributed by atoms with Crippen LogP contribution in [0.4, 0.5) is 23.5 Å². The van der Waals surface area contributed by atoms with Crippen LogP contribution in [0.3, 0.4) is 0 Å². The van der Waals surface area contributed by atoms with Crippen molar-refractivity contribution in [2.24, 2.45) is 5.10 Å². The van der Waals surface area contributed by atoms with Crippen molar-refractivity contribution >= 4 is 29.7 Å². The van der Waals surface area contributed by atoms with Crippen LogP contribution in [0.25, 0.3) is 0 Å². The highest BCUT2D eigenvalue weighted by molar-refractivity contribution is 5.85. The van der Waals surface area contributed by atoms with Gasteiger partial charge in [0.05, 0.1) is 37.6 Å². The van der Waals surface area contributed by atoms with E-state index < -0.39 is 16.4 Å². The number of nitrogens with zero attached hydrogens (tertiary/aromatic N) is 7. The van der Waals surface area contributed by atoms with E-state index in [4.69, 9.17) is 9.47 Å². The van der Waals surface area contributed by atoms with E-state index in [0.29, 0.717) is 64.5 Å². The zero-order valence-corrected chi connectivity index (χ0v) is 16.7. The van der Waals surface area contributed by atoms with Crippen LogP contribution in [0, 0.1) is 10.1 Å². The molecule has 0 radical (unpaired) electrons. The molecule has 0 spiro atoms. The molecular weight excluding hydrogens is 408 g/mol. The van der Waals surface area contributed by atoms with Crippen molar-refractivity contribution in [1.82, 2.24) is 15.0 Å². The molecule has 13 heteroatoms. The minimum absolute atomic E-state index is 0.192. The summed E-state index contributed by atoms with van der Waals surface area (Å²) in [6.45, 7) is 5.01. The number of morpholine rings is 2. The molecule has 1 aromatic carbocycles. The number of ether oxygens (including phenoxy) is 2. The van der Waals surface area contributed by atoms with Gasteiger partial charge in [-0.1, -0.05) is 6.07 Å². The number of para-hydroxylation sites is 1. The maximum atomic E-state index is 11.0. The van der Waals surface area contributed by atoms with Crippen LogP contribution in [-0.2, 0) is 9.47 Å². The molecule has 1 aromatic heterocycles. The molecule has 0 amide bonds. The summed E-state index contributed by atoms with van der Waals surface area (Å²) in [5, 5.41) is 25.1. The Hall–Kier alpha value is -3.58. The molecule has 2 aliphatic rings. The van der Waals surface area contributed by atoms with Crippen LogP contribution >= 0.6 is 0 Å².